The van der Waals surface area contributed by atoms with E-state index in [2.05, 4.69) is 16.0 Å². The third-order valence-electron chi connectivity index (χ3n) is 4.55. The van der Waals surface area contributed by atoms with E-state index >= 15 is 0 Å². The van der Waals surface area contributed by atoms with Gasteiger partial charge in [0.2, 0.25) is 5.91 Å². The van der Waals surface area contributed by atoms with Gasteiger partial charge in [-0.1, -0.05) is 36.4 Å². The number of carbonyl (C=O) groups excluding carboxylic acids is 4. The molecule has 3 N–H and O–H groups in total. The molecule has 3 amide bonds. The Kier molecular flexibility index (Phi) is 7.22. The molecule has 1 atom stereocenters. The van der Waals surface area contributed by atoms with Gasteiger partial charge in [-0.3, -0.25) is 4.79 Å². The number of carbonyl (C=O) groups is 4. The molecule has 0 saturated carbocycles. The van der Waals surface area contributed by atoms with Gasteiger partial charge in [0.1, 0.15) is 6.61 Å². The molecule has 2 aromatic carbocycles. The van der Waals surface area contributed by atoms with Gasteiger partial charge in [0.05, 0.1) is 29.5 Å². The van der Waals surface area contributed by atoms with Crippen molar-refractivity contribution in [1.82, 2.24) is 10.6 Å². The van der Waals surface area contributed by atoms with Crippen molar-refractivity contribution in [2.24, 2.45) is 0 Å². The summed E-state index contributed by atoms with van der Waals surface area (Å²) in [5, 5.41) is 7.84. The van der Waals surface area contributed by atoms with E-state index in [1.54, 1.807) is 43.3 Å². The molecule has 9 nitrogen and oxygen atoms in total. The zero-order valence-corrected chi connectivity index (χ0v) is 17.6. The first-order valence-electron chi connectivity index (χ1n) is 9.96. The van der Waals surface area contributed by atoms with Crippen LogP contribution in [0.25, 0.3) is 0 Å². The SMILES string of the molecule is CCOC(=O)C1=C(COC(=O)c2cccc(NC(C)=O)c2)NC(=O)NC1c1ccccc1. The lowest BCUT2D eigenvalue weighted by molar-refractivity contribution is -0.139. The average molecular weight is 437 g/mol. The van der Waals surface area contributed by atoms with Crippen molar-refractivity contribution in [3.63, 3.8) is 0 Å². The molecule has 1 aliphatic heterocycles. The van der Waals surface area contributed by atoms with E-state index in [1.807, 2.05) is 6.07 Å². The largest absolute Gasteiger partial charge is 0.463 e. The quantitative estimate of drug-likeness (QED) is 0.573. The second kappa shape index (κ2) is 10.3. The first kappa shape index (κ1) is 22.5. The van der Waals surface area contributed by atoms with Crippen molar-refractivity contribution in [3.05, 3.63) is 77.0 Å². The molecule has 2 aromatic rings. The number of hydrogen-bond acceptors (Lipinski definition) is 6. The highest BCUT2D eigenvalue weighted by Crippen LogP contribution is 2.28. The van der Waals surface area contributed by atoms with E-state index in [9.17, 15) is 19.2 Å². The standard InChI is InChI=1S/C23H23N3O6/c1-3-31-22(29)19-18(25-23(30)26-20(19)15-8-5-4-6-9-15)13-32-21(28)16-10-7-11-17(12-16)24-14(2)27/h4-12,20H,3,13H2,1-2H3,(H,24,27)(H2,25,26,30). The fraction of sp³-hybridized carbons (Fsp3) is 0.217. The Hall–Kier alpha value is -4.14. The Balaban J connectivity index is 1.87. The van der Waals surface area contributed by atoms with Crippen LogP contribution in [0.5, 0.6) is 0 Å². The lowest BCUT2D eigenvalue weighted by Crippen LogP contribution is -2.47. The van der Waals surface area contributed by atoms with E-state index in [0.29, 0.717) is 11.3 Å². The van der Waals surface area contributed by atoms with Crippen molar-refractivity contribution in [2.45, 2.75) is 19.9 Å². The summed E-state index contributed by atoms with van der Waals surface area (Å²) >= 11 is 0. The Morgan fingerprint density at radius 1 is 1.00 bits per heavy atom. The minimum atomic E-state index is -0.763. The van der Waals surface area contributed by atoms with E-state index < -0.39 is 24.0 Å². The summed E-state index contributed by atoms with van der Waals surface area (Å²) in [6.07, 6.45) is 0. The third kappa shape index (κ3) is 5.51. The molecular formula is C23H23N3O6. The predicted molar refractivity (Wildman–Crippen MR) is 116 cm³/mol. The number of rotatable bonds is 7. The Labute approximate surface area is 184 Å². The molecule has 3 rings (SSSR count). The van der Waals surface area contributed by atoms with E-state index in [4.69, 9.17) is 9.47 Å². The highest BCUT2D eigenvalue weighted by molar-refractivity contribution is 5.96. The third-order valence-corrected chi connectivity index (χ3v) is 4.55. The summed E-state index contributed by atoms with van der Waals surface area (Å²) in [5.74, 6) is -1.59. The van der Waals surface area contributed by atoms with Crippen LogP contribution in [-0.4, -0.2) is 37.1 Å². The Bertz CT molecular complexity index is 1060. The number of esters is 2. The van der Waals surface area contributed by atoms with Gasteiger partial charge >= 0.3 is 18.0 Å². The van der Waals surface area contributed by atoms with Gasteiger partial charge in [-0.2, -0.15) is 0 Å². The number of benzene rings is 2. The molecule has 9 heteroatoms. The van der Waals surface area contributed by atoms with E-state index in [0.717, 1.165) is 0 Å². The second-order valence-corrected chi connectivity index (χ2v) is 6.89. The molecule has 0 bridgehead atoms. The molecule has 0 saturated heterocycles. The van der Waals surface area contributed by atoms with Crippen LogP contribution in [0.15, 0.2) is 65.9 Å². The minimum Gasteiger partial charge on any atom is -0.463 e. The number of ether oxygens (including phenoxy) is 2. The number of amides is 3. The molecular weight excluding hydrogens is 414 g/mol. The first-order chi connectivity index (χ1) is 15.4. The van der Waals surface area contributed by atoms with Crippen LogP contribution in [-0.2, 0) is 19.1 Å². The molecule has 0 aliphatic carbocycles. The van der Waals surface area contributed by atoms with Crippen LogP contribution >= 0.6 is 0 Å². The molecule has 166 valence electrons. The summed E-state index contributed by atoms with van der Waals surface area (Å²) in [5.41, 5.74) is 1.61. The van der Waals surface area contributed by atoms with Crippen molar-refractivity contribution >= 4 is 29.6 Å². The molecule has 0 spiro atoms. The maximum absolute atomic E-state index is 12.7. The summed E-state index contributed by atoms with van der Waals surface area (Å²) in [4.78, 5) is 48.8. The van der Waals surface area contributed by atoms with Crippen LogP contribution in [0, 0.1) is 0 Å². The summed E-state index contributed by atoms with van der Waals surface area (Å²) in [6.45, 7) is 2.82. The fourth-order valence-electron chi connectivity index (χ4n) is 3.23. The van der Waals surface area contributed by atoms with Gasteiger partial charge in [0.15, 0.2) is 0 Å². The zero-order valence-electron chi connectivity index (χ0n) is 17.6. The van der Waals surface area contributed by atoms with Crippen LogP contribution in [0.4, 0.5) is 10.5 Å². The van der Waals surface area contributed by atoms with Crippen LogP contribution in [0.2, 0.25) is 0 Å². The van der Waals surface area contributed by atoms with E-state index in [1.165, 1.54) is 19.1 Å². The average Bonchev–Trinajstić information content (AvgIpc) is 2.77. The Morgan fingerprint density at radius 3 is 2.44 bits per heavy atom. The molecule has 1 heterocycles. The molecule has 1 aliphatic rings. The predicted octanol–water partition coefficient (Wildman–Crippen LogP) is 2.67. The number of anilines is 1. The molecule has 0 radical (unpaired) electrons. The highest BCUT2D eigenvalue weighted by Gasteiger charge is 2.34. The van der Waals surface area contributed by atoms with Crippen molar-refractivity contribution in [1.29, 1.82) is 0 Å². The maximum Gasteiger partial charge on any atom is 0.338 e. The number of hydrogen-bond donors (Lipinski definition) is 3. The zero-order chi connectivity index (χ0) is 23.1. The van der Waals surface area contributed by atoms with Gasteiger partial charge in [0.25, 0.3) is 0 Å². The number of nitrogens with one attached hydrogen (secondary N) is 3. The second-order valence-electron chi connectivity index (χ2n) is 6.89. The molecule has 32 heavy (non-hydrogen) atoms. The first-order valence-corrected chi connectivity index (χ1v) is 9.96. The van der Waals surface area contributed by atoms with Crippen LogP contribution in [0.1, 0.15) is 35.8 Å². The van der Waals surface area contributed by atoms with Crippen LogP contribution in [0.3, 0.4) is 0 Å². The molecule has 0 fully saturated rings. The van der Waals surface area contributed by atoms with Gasteiger partial charge in [-0.05, 0) is 30.7 Å². The maximum atomic E-state index is 12.7. The van der Waals surface area contributed by atoms with Crippen molar-refractivity contribution in [3.8, 4) is 0 Å². The number of urea groups is 1. The lowest BCUT2D eigenvalue weighted by atomic mass is 9.95. The topological polar surface area (TPSA) is 123 Å². The summed E-state index contributed by atoms with van der Waals surface area (Å²) in [7, 11) is 0. The van der Waals surface area contributed by atoms with Crippen LogP contribution < -0.4 is 16.0 Å². The fourth-order valence-corrected chi connectivity index (χ4v) is 3.23. The molecule has 1 unspecified atom stereocenters. The summed E-state index contributed by atoms with van der Waals surface area (Å²) in [6, 6.07) is 13.9. The van der Waals surface area contributed by atoms with Crippen molar-refractivity contribution < 1.29 is 28.7 Å². The van der Waals surface area contributed by atoms with Crippen molar-refractivity contribution in [2.75, 3.05) is 18.5 Å². The molecule has 0 aromatic heterocycles. The van der Waals surface area contributed by atoms with Gasteiger partial charge < -0.3 is 25.4 Å². The highest BCUT2D eigenvalue weighted by atomic mass is 16.5. The lowest BCUT2D eigenvalue weighted by Gasteiger charge is -2.29. The summed E-state index contributed by atoms with van der Waals surface area (Å²) < 4.78 is 10.5. The van der Waals surface area contributed by atoms with Gasteiger partial charge in [-0.15, -0.1) is 0 Å². The van der Waals surface area contributed by atoms with Gasteiger partial charge in [-0.25, -0.2) is 14.4 Å². The normalized spacial score (nSPS) is 15.3. The minimum absolute atomic E-state index is 0.132. The van der Waals surface area contributed by atoms with E-state index in [-0.39, 0.29) is 36.0 Å². The van der Waals surface area contributed by atoms with Gasteiger partial charge in [0, 0.05) is 12.6 Å². The monoisotopic (exact) mass is 437 g/mol. The Morgan fingerprint density at radius 2 is 1.75 bits per heavy atom. The smallest absolute Gasteiger partial charge is 0.338 e.